The molecule has 0 radical (unpaired) electrons. The Labute approximate surface area is 155 Å². The number of carbonyl (C=O) groups is 1. The molecule has 0 spiro atoms. The number of benzene rings is 2. The summed E-state index contributed by atoms with van der Waals surface area (Å²) in [5.41, 5.74) is 1.71. The molecule has 2 aromatic carbocycles. The van der Waals surface area contributed by atoms with Crippen molar-refractivity contribution >= 4 is 22.4 Å². The molecule has 0 fully saturated rings. The Kier molecular flexibility index (Phi) is 4.78. The minimum absolute atomic E-state index is 0.218. The van der Waals surface area contributed by atoms with Crippen molar-refractivity contribution in [2.24, 2.45) is 5.16 Å². The number of halogens is 1. The molecule has 0 bridgehead atoms. The Balaban J connectivity index is 1.35. The second-order valence-electron chi connectivity index (χ2n) is 6.45. The van der Waals surface area contributed by atoms with Gasteiger partial charge in [-0.1, -0.05) is 47.6 Å². The number of nitrogens with one attached hydrogen (secondary N) is 1. The summed E-state index contributed by atoms with van der Waals surface area (Å²) in [6.07, 6.45) is 2.40. The van der Waals surface area contributed by atoms with E-state index in [0.29, 0.717) is 24.1 Å². The number of amides is 1. The van der Waals surface area contributed by atoms with Gasteiger partial charge in [-0.15, -0.1) is 0 Å². The van der Waals surface area contributed by atoms with Gasteiger partial charge in [0.25, 0.3) is 5.91 Å². The quantitative estimate of drug-likeness (QED) is 0.755. The minimum Gasteiger partial charge on any atom is -0.392 e. The van der Waals surface area contributed by atoms with E-state index in [4.69, 9.17) is 4.84 Å². The average Bonchev–Trinajstić information content (AvgIpc) is 3.15. The maximum absolute atomic E-state index is 13.8. The molecular weight excluding hydrogens is 345 g/mol. The highest BCUT2D eigenvalue weighted by molar-refractivity contribution is 6.06. The lowest BCUT2D eigenvalue weighted by Gasteiger charge is -2.09. The van der Waals surface area contributed by atoms with Gasteiger partial charge in [0, 0.05) is 24.4 Å². The molecule has 1 amide bonds. The third-order valence-electron chi connectivity index (χ3n) is 4.54. The van der Waals surface area contributed by atoms with Crippen LogP contribution in [0.25, 0.3) is 10.8 Å². The SMILES string of the molecule is O=C(NCC1=NOC(Cc2ccccc2F)C1)c1nccc2ccccc12. The molecule has 2 heterocycles. The first-order chi connectivity index (χ1) is 13.2. The summed E-state index contributed by atoms with van der Waals surface area (Å²) in [5.74, 6) is -0.503. The molecule has 1 aliphatic heterocycles. The van der Waals surface area contributed by atoms with Crippen molar-refractivity contribution in [1.29, 1.82) is 0 Å². The first-order valence-electron chi connectivity index (χ1n) is 8.77. The van der Waals surface area contributed by atoms with E-state index in [-0.39, 0.29) is 24.4 Å². The molecule has 1 aliphatic rings. The summed E-state index contributed by atoms with van der Waals surface area (Å²) in [6.45, 7) is 0.275. The van der Waals surface area contributed by atoms with Crippen LogP contribution in [0.5, 0.6) is 0 Å². The standard InChI is InChI=1S/C21H18FN3O2/c22-19-8-4-2-6-15(19)11-17-12-16(25-27-17)13-24-21(26)20-18-7-3-1-5-14(18)9-10-23-20/h1-10,17H,11-13H2,(H,24,26). The van der Waals surface area contributed by atoms with Crippen LogP contribution in [0.4, 0.5) is 4.39 Å². The predicted octanol–water partition coefficient (Wildman–Crippen LogP) is 3.49. The minimum atomic E-state index is -0.257. The van der Waals surface area contributed by atoms with Crippen molar-refractivity contribution in [2.45, 2.75) is 18.9 Å². The van der Waals surface area contributed by atoms with E-state index in [1.54, 1.807) is 24.4 Å². The number of carbonyl (C=O) groups excluding carboxylic acids is 1. The van der Waals surface area contributed by atoms with Crippen LogP contribution in [0.1, 0.15) is 22.5 Å². The first kappa shape index (κ1) is 17.1. The van der Waals surface area contributed by atoms with Gasteiger partial charge in [0.1, 0.15) is 17.6 Å². The van der Waals surface area contributed by atoms with E-state index in [0.717, 1.165) is 16.5 Å². The highest BCUT2D eigenvalue weighted by atomic mass is 19.1. The topological polar surface area (TPSA) is 63.6 Å². The van der Waals surface area contributed by atoms with Crippen molar-refractivity contribution in [1.82, 2.24) is 10.3 Å². The van der Waals surface area contributed by atoms with Gasteiger partial charge in [0.2, 0.25) is 0 Å². The van der Waals surface area contributed by atoms with Gasteiger partial charge in [-0.2, -0.15) is 0 Å². The lowest BCUT2D eigenvalue weighted by atomic mass is 10.0. The van der Waals surface area contributed by atoms with E-state index in [1.807, 2.05) is 30.3 Å². The maximum Gasteiger partial charge on any atom is 0.270 e. The fraction of sp³-hybridized carbons (Fsp3) is 0.190. The number of nitrogens with zero attached hydrogens (tertiary/aromatic N) is 2. The molecule has 136 valence electrons. The molecule has 0 saturated carbocycles. The monoisotopic (exact) mass is 363 g/mol. The summed E-state index contributed by atoms with van der Waals surface area (Å²) < 4.78 is 13.8. The van der Waals surface area contributed by atoms with E-state index in [2.05, 4.69) is 15.5 Å². The lowest BCUT2D eigenvalue weighted by molar-refractivity contribution is 0.0852. The van der Waals surface area contributed by atoms with Crippen LogP contribution < -0.4 is 5.32 Å². The van der Waals surface area contributed by atoms with Gasteiger partial charge in [-0.05, 0) is 23.1 Å². The second kappa shape index (κ2) is 7.53. The Hall–Kier alpha value is -3.28. The van der Waals surface area contributed by atoms with Crippen molar-refractivity contribution in [3.05, 3.63) is 77.9 Å². The molecule has 0 aliphatic carbocycles. The smallest absolute Gasteiger partial charge is 0.270 e. The Morgan fingerprint density at radius 1 is 1.15 bits per heavy atom. The van der Waals surface area contributed by atoms with Gasteiger partial charge in [0.05, 0.1) is 12.3 Å². The average molecular weight is 363 g/mol. The molecule has 27 heavy (non-hydrogen) atoms. The van der Waals surface area contributed by atoms with Gasteiger partial charge in [-0.3, -0.25) is 9.78 Å². The second-order valence-corrected chi connectivity index (χ2v) is 6.45. The van der Waals surface area contributed by atoms with Crippen LogP contribution in [0, 0.1) is 5.82 Å². The molecule has 0 saturated heterocycles. The summed E-state index contributed by atoms with van der Waals surface area (Å²) in [6, 6.07) is 16.1. The van der Waals surface area contributed by atoms with Crippen molar-refractivity contribution in [3.63, 3.8) is 0 Å². The number of fused-ring (bicyclic) bond motifs is 1. The summed E-state index contributed by atoms with van der Waals surface area (Å²) in [5, 5.41) is 8.64. The third kappa shape index (κ3) is 3.79. The fourth-order valence-electron chi connectivity index (χ4n) is 3.18. The zero-order chi connectivity index (χ0) is 18.6. The summed E-state index contributed by atoms with van der Waals surface area (Å²) in [7, 11) is 0. The zero-order valence-electron chi connectivity index (χ0n) is 14.6. The normalized spacial score (nSPS) is 16.0. The van der Waals surface area contributed by atoms with Gasteiger partial charge < -0.3 is 10.2 Å². The fourth-order valence-corrected chi connectivity index (χ4v) is 3.18. The van der Waals surface area contributed by atoms with Crippen molar-refractivity contribution in [2.75, 3.05) is 6.54 Å². The van der Waals surface area contributed by atoms with E-state index < -0.39 is 0 Å². The number of hydrogen-bond acceptors (Lipinski definition) is 4. The Bertz CT molecular complexity index is 1010. The van der Waals surface area contributed by atoms with Crippen LogP contribution in [0.15, 0.2) is 65.9 Å². The van der Waals surface area contributed by atoms with Crippen LogP contribution in [0.3, 0.4) is 0 Å². The highest BCUT2D eigenvalue weighted by Gasteiger charge is 2.23. The molecule has 4 rings (SSSR count). The number of oxime groups is 1. The van der Waals surface area contributed by atoms with Crippen molar-refractivity contribution in [3.8, 4) is 0 Å². The molecule has 5 nitrogen and oxygen atoms in total. The van der Waals surface area contributed by atoms with Crippen LogP contribution >= 0.6 is 0 Å². The van der Waals surface area contributed by atoms with Gasteiger partial charge in [0.15, 0.2) is 0 Å². The highest BCUT2D eigenvalue weighted by Crippen LogP contribution is 2.19. The lowest BCUT2D eigenvalue weighted by Crippen LogP contribution is -2.30. The number of hydrogen-bond donors (Lipinski definition) is 1. The molecule has 1 atom stereocenters. The molecule has 6 heteroatoms. The van der Waals surface area contributed by atoms with Gasteiger partial charge >= 0.3 is 0 Å². The maximum atomic E-state index is 13.8. The molecular formula is C21H18FN3O2. The van der Waals surface area contributed by atoms with Gasteiger partial charge in [-0.25, -0.2) is 4.39 Å². The molecule has 1 unspecified atom stereocenters. The largest absolute Gasteiger partial charge is 0.392 e. The Morgan fingerprint density at radius 2 is 1.96 bits per heavy atom. The first-order valence-corrected chi connectivity index (χ1v) is 8.77. The Morgan fingerprint density at radius 3 is 2.85 bits per heavy atom. The summed E-state index contributed by atoms with van der Waals surface area (Å²) in [4.78, 5) is 22.1. The van der Waals surface area contributed by atoms with E-state index in [1.165, 1.54) is 6.07 Å². The molecule has 1 N–H and O–H groups in total. The summed E-state index contributed by atoms with van der Waals surface area (Å²) >= 11 is 0. The number of aromatic nitrogens is 1. The van der Waals surface area contributed by atoms with Crippen LogP contribution in [0.2, 0.25) is 0 Å². The van der Waals surface area contributed by atoms with Crippen LogP contribution in [-0.4, -0.2) is 29.3 Å². The number of rotatable bonds is 5. The molecule has 3 aromatic rings. The zero-order valence-corrected chi connectivity index (χ0v) is 14.6. The molecule has 1 aromatic heterocycles. The van der Waals surface area contributed by atoms with Crippen molar-refractivity contribution < 1.29 is 14.0 Å². The predicted molar refractivity (Wildman–Crippen MR) is 101 cm³/mol. The third-order valence-corrected chi connectivity index (χ3v) is 4.54. The number of pyridine rings is 1. The van der Waals surface area contributed by atoms with E-state index in [9.17, 15) is 9.18 Å². The van der Waals surface area contributed by atoms with E-state index >= 15 is 0 Å². The van der Waals surface area contributed by atoms with Crippen LogP contribution in [-0.2, 0) is 11.3 Å².